The maximum Gasteiger partial charge on any atom is 0.274 e. The predicted molar refractivity (Wildman–Crippen MR) is 86.7 cm³/mol. The third kappa shape index (κ3) is 2.99. The van der Waals surface area contributed by atoms with Crippen LogP contribution < -0.4 is 4.74 Å². The van der Waals surface area contributed by atoms with Crippen molar-refractivity contribution in [3.05, 3.63) is 35.7 Å². The van der Waals surface area contributed by atoms with Gasteiger partial charge in [-0.3, -0.25) is 4.79 Å². The van der Waals surface area contributed by atoms with E-state index in [0.717, 1.165) is 5.56 Å². The van der Waals surface area contributed by atoms with Gasteiger partial charge in [-0.1, -0.05) is 12.1 Å². The summed E-state index contributed by atoms with van der Waals surface area (Å²) in [6.07, 6.45) is -0.947. The molecule has 1 aliphatic heterocycles. The average Bonchev–Trinajstić information content (AvgIpc) is 3.17. The van der Waals surface area contributed by atoms with Gasteiger partial charge in [0.2, 0.25) is 0 Å². The summed E-state index contributed by atoms with van der Waals surface area (Å²) >= 11 is 0. The largest absolute Gasteiger partial charge is 0.497 e. The number of methoxy groups -OCH3 is 1. The number of hydrogen-bond acceptors (Lipinski definition) is 4. The van der Waals surface area contributed by atoms with Crippen LogP contribution in [0.5, 0.6) is 5.75 Å². The highest BCUT2D eigenvalue weighted by Crippen LogP contribution is 2.26. The van der Waals surface area contributed by atoms with Crippen molar-refractivity contribution in [3.8, 4) is 17.1 Å². The molecule has 1 amide bonds. The van der Waals surface area contributed by atoms with Crippen molar-refractivity contribution in [1.82, 2.24) is 14.9 Å². The van der Waals surface area contributed by atoms with Gasteiger partial charge >= 0.3 is 0 Å². The number of carbonyl (C=O) groups is 1. The molecule has 1 fully saturated rings. The Labute approximate surface area is 139 Å². The fourth-order valence-electron chi connectivity index (χ4n) is 2.99. The summed E-state index contributed by atoms with van der Waals surface area (Å²) in [5.74, 6) is 0.873. The Morgan fingerprint density at radius 3 is 3.04 bits per heavy atom. The first-order valence-corrected chi connectivity index (χ1v) is 7.80. The molecule has 6 nitrogen and oxygen atoms in total. The van der Waals surface area contributed by atoms with E-state index in [0.29, 0.717) is 17.3 Å². The average molecular weight is 333 g/mol. The molecule has 0 aliphatic carbocycles. The van der Waals surface area contributed by atoms with Crippen molar-refractivity contribution in [2.45, 2.75) is 25.6 Å². The summed E-state index contributed by atoms with van der Waals surface area (Å²) in [4.78, 5) is 21.5. The molecule has 24 heavy (non-hydrogen) atoms. The van der Waals surface area contributed by atoms with E-state index in [-0.39, 0.29) is 31.2 Å². The molecule has 1 saturated heterocycles. The summed E-state index contributed by atoms with van der Waals surface area (Å²) in [6, 6.07) is 6.84. The smallest absolute Gasteiger partial charge is 0.274 e. The number of aryl methyl sites for hydroxylation is 1. The Hall–Kier alpha value is -2.41. The number of halogens is 1. The van der Waals surface area contributed by atoms with Gasteiger partial charge < -0.3 is 19.7 Å². The lowest BCUT2D eigenvalue weighted by Gasteiger charge is -2.21. The number of aliphatic hydroxyl groups excluding tert-OH is 1. The Kier molecular flexibility index (Phi) is 4.53. The van der Waals surface area contributed by atoms with E-state index in [1.165, 1.54) is 4.90 Å². The van der Waals surface area contributed by atoms with Gasteiger partial charge in [0.15, 0.2) is 0 Å². The zero-order valence-electron chi connectivity index (χ0n) is 13.6. The molecule has 2 N–H and O–H groups in total. The highest BCUT2D eigenvalue weighted by Gasteiger charge is 2.36. The number of ether oxygens (including phenoxy) is 1. The second kappa shape index (κ2) is 6.60. The third-order valence-electron chi connectivity index (χ3n) is 4.27. The Balaban J connectivity index is 1.90. The number of benzene rings is 1. The fourth-order valence-corrected chi connectivity index (χ4v) is 2.99. The van der Waals surface area contributed by atoms with Crippen LogP contribution in [-0.4, -0.2) is 58.4 Å². The predicted octanol–water partition coefficient (Wildman–Crippen LogP) is 1.94. The number of alkyl halides is 1. The molecule has 2 aromatic rings. The minimum absolute atomic E-state index is 0.00907. The topological polar surface area (TPSA) is 78.4 Å². The van der Waals surface area contributed by atoms with Gasteiger partial charge in [-0.2, -0.15) is 0 Å². The van der Waals surface area contributed by atoms with Gasteiger partial charge in [0.1, 0.15) is 23.4 Å². The zero-order chi connectivity index (χ0) is 17.3. The van der Waals surface area contributed by atoms with Crippen molar-refractivity contribution >= 4 is 5.91 Å². The molecule has 1 aromatic heterocycles. The number of aromatic nitrogens is 2. The Bertz CT molecular complexity index is 746. The number of nitrogens with one attached hydrogen (secondary N) is 1. The fraction of sp³-hybridized carbons (Fsp3) is 0.412. The Morgan fingerprint density at radius 2 is 2.33 bits per heavy atom. The molecule has 7 heteroatoms. The van der Waals surface area contributed by atoms with Crippen LogP contribution in [0.2, 0.25) is 0 Å². The summed E-state index contributed by atoms with van der Waals surface area (Å²) in [5, 5.41) is 9.36. The van der Waals surface area contributed by atoms with E-state index in [1.807, 2.05) is 24.3 Å². The van der Waals surface area contributed by atoms with Gasteiger partial charge in [0.25, 0.3) is 5.91 Å². The maximum absolute atomic E-state index is 13.6. The van der Waals surface area contributed by atoms with Crippen LogP contribution in [0.25, 0.3) is 11.4 Å². The highest BCUT2D eigenvalue weighted by molar-refractivity contribution is 5.94. The molecule has 1 aromatic carbocycles. The summed E-state index contributed by atoms with van der Waals surface area (Å²) in [5.41, 5.74) is 1.65. The molecule has 2 atom stereocenters. The third-order valence-corrected chi connectivity index (χ3v) is 4.27. The van der Waals surface area contributed by atoms with Crippen LogP contribution in [0.15, 0.2) is 24.3 Å². The summed E-state index contributed by atoms with van der Waals surface area (Å²) < 4.78 is 18.8. The molecular formula is C17H20FN3O3. The number of amides is 1. The number of H-pyrrole nitrogens is 1. The lowest BCUT2D eigenvalue weighted by molar-refractivity contribution is 0.0667. The second-order valence-electron chi connectivity index (χ2n) is 5.92. The lowest BCUT2D eigenvalue weighted by atomic mass is 10.2. The monoisotopic (exact) mass is 333 g/mol. The first-order valence-electron chi connectivity index (χ1n) is 7.80. The van der Waals surface area contributed by atoms with Crippen LogP contribution in [-0.2, 0) is 0 Å². The molecule has 0 unspecified atom stereocenters. The molecule has 3 rings (SSSR count). The van der Waals surface area contributed by atoms with Gasteiger partial charge in [-0.05, 0) is 19.1 Å². The molecule has 0 radical (unpaired) electrons. The number of hydrogen-bond donors (Lipinski definition) is 2. The van der Waals surface area contributed by atoms with E-state index in [4.69, 9.17) is 4.74 Å². The van der Waals surface area contributed by atoms with Crippen LogP contribution in [0.1, 0.15) is 22.6 Å². The van der Waals surface area contributed by atoms with Crippen molar-refractivity contribution in [2.24, 2.45) is 0 Å². The van der Waals surface area contributed by atoms with Crippen molar-refractivity contribution in [1.29, 1.82) is 0 Å². The van der Waals surface area contributed by atoms with Crippen LogP contribution >= 0.6 is 0 Å². The number of aliphatic hydroxyl groups is 1. The first-order chi connectivity index (χ1) is 11.5. The SMILES string of the molecule is COc1cccc(-c2nc(C(=O)N3C[C@@H](F)C[C@H]3CO)c(C)[nH]2)c1. The van der Waals surface area contributed by atoms with Crippen molar-refractivity contribution < 1.29 is 19.0 Å². The van der Waals surface area contributed by atoms with E-state index in [9.17, 15) is 14.3 Å². The molecule has 0 saturated carbocycles. The van der Waals surface area contributed by atoms with Crippen molar-refractivity contribution in [2.75, 3.05) is 20.3 Å². The minimum atomic E-state index is -1.11. The number of aromatic amines is 1. The Morgan fingerprint density at radius 1 is 1.54 bits per heavy atom. The summed E-state index contributed by atoms with van der Waals surface area (Å²) in [7, 11) is 1.58. The second-order valence-corrected chi connectivity index (χ2v) is 5.92. The van der Waals surface area contributed by atoms with E-state index in [1.54, 1.807) is 14.0 Å². The number of likely N-dealkylation sites (tertiary alicyclic amines) is 1. The molecule has 1 aliphatic rings. The summed E-state index contributed by atoms with van der Waals surface area (Å²) in [6.45, 7) is 1.49. The highest BCUT2D eigenvalue weighted by atomic mass is 19.1. The van der Waals surface area contributed by atoms with Gasteiger partial charge in [-0.25, -0.2) is 9.37 Å². The van der Waals surface area contributed by atoms with E-state index >= 15 is 0 Å². The maximum atomic E-state index is 13.6. The molecular weight excluding hydrogens is 313 g/mol. The van der Waals surface area contributed by atoms with Gasteiger partial charge in [0.05, 0.1) is 26.3 Å². The number of carbonyl (C=O) groups excluding carboxylic acids is 1. The quantitative estimate of drug-likeness (QED) is 0.896. The number of rotatable bonds is 4. The minimum Gasteiger partial charge on any atom is -0.497 e. The lowest BCUT2D eigenvalue weighted by Crippen LogP contribution is -2.38. The van der Waals surface area contributed by atoms with Crippen LogP contribution in [0, 0.1) is 6.92 Å². The van der Waals surface area contributed by atoms with Crippen LogP contribution in [0.3, 0.4) is 0 Å². The van der Waals surface area contributed by atoms with Gasteiger partial charge in [0, 0.05) is 17.7 Å². The number of imidazole rings is 1. The molecule has 128 valence electrons. The first kappa shape index (κ1) is 16.4. The number of nitrogens with zero attached hydrogens (tertiary/aromatic N) is 2. The molecule has 0 spiro atoms. The van der Waals surface area contributed by atoms with Crippen molar-refractivity contribution in [3.63, 3.8) is 0 Å². The normalized spacial score (nSPS) is 20.4. The van der Waals surface area contributed by atoms with E-state index in [2.05, 4.69) is 9.97 Å². The molecule has 0 bridgehead atoms. The van der Waals surface area contributed by atoms with Gasteiger partial charge in [-0.15, -0.1) is 0 Å². The zero-order valence-corrected chi connectivity index (χ0v) is 13.6. The van der Waals surface area contributed by atoms with Crippen LogP contribution in [0.4, 0.5) is 4.39 Å². The molecule has 2 heterocycles. The van der Waals surface area contributed by atoms with E-state index < -0.39 is 12.2 Å². The standard InChI is InChI=1S/C17H20FN3O3/c1-10-15(17(23)21-8-12(18)7-13(21)9-22)20-16(19-10)11-4-3-5-14(6-11)24-2/h3-6,12-13,22H,7-9H2,1-2H3,(H,19,20)/t12-,13-/m0/s1.